The van der Waals surface area contributed by atoms with Crippen LogP contribution >= 0.6 is 0 Å². The van der Waals surface area contributed by atoms with Crippen molar-refractivity contribution in [1.82, 2.24) is 9.88 Å². The summed E-state index contributed by atoms with van der Waals surface area (Å²) in [5.74, 6) is 1.79. The van der Waals surface area contributed by atoms with Crippen LogP contribution in [0.1, 0.15) is 12.8 Å². The standard InChI is InChI=1S/C17H18N2O3/c20-17(21)19-9-13-6-16(7-14(13)10-19)22-15-2-1-12-8-18-4-3-11(12)5-15/h1-5,8,13-14,16H,6-7,9-10H2,(H,20,21)/t13-,14+,16-. The summed E-state index contributed by atoms with van der Waals surface area (Å²) in [5.41, 5.74) is 0. The Labute approximate surface area is 128 Å². The average Bonchev–Trinajstić information content (AvgIpc) is 3.05. The molecule has 0 radical (unpaired) electrons. The zero-order valence-corrected chi connectivity index (χ0v) is 12.2. The molecule has 0 bridgehead atoms. The largest absolute Gasteiger partial charge is 0.490 e. The fourth-order valence-corrected chi connectivity index (χ4v) is 3.82. The SMILES string of the molecule is O=C(O)N1C[C@H]2C[C@@H](Oc3ccc4cnccc4c3)C[C@H]2C1. The lowest BCUT2D eigenvalue weighted by Gasteiger charge is -2.18. The predicted molar refractivity (Wildman–Crippen MR) is 82.0 cm³/mol. The van der Waals surface area contributed by atoms with Gasteiger partial charge >= 0.3 is 6.09 Å². The fraction of sp³-hybridized carbons (Fsp3) is 0.412. The second-order valence-electron chi connectivity index (χ2n) is 6.30. The van der Waals surface area contributed by atoms with Crippen LogP contribution in [0.15, 0.2) is 36.7 Å². The predicted octanol–water partition coefficient (Wildman–Crippen LogP) is 3.00. The molecule has 5 nitrogen and oxygen atoms in total. The number of aromatic nitrogens is 1. The van der Waals surface area contributed by atoms with E-state index in [2.05, 4.69) is 11.1 Å². The molecule has 1 saturated carbocycles. The van der Waals surface area contributed by atoms with E-state index in [1.807, 2.05) is 24.4 Å². The summed E-state index contributed by atoms with van der Waals surface area (Å²) in [5, 5.41) is 11.3. The molecule has 114 valence electrons. The van der Waals surface area contributed by atoms with Crippen LogP contribution in [0.25, 0.3) is 10.8 Å². The molecule has 2 aliphatic rings. The van der Waals surface area contributed by atoms with Crippen LogP contribution < -0.4 is 4.74 Å². The summed E-state index contributed by atoms with van der Waals surface area (Å²) < 4.78 is 6.13. The van der Waals surface area contributed by atoms with E-state index in [0.717, 1.165) is 29.4 Å². The van der Waals surface area contributed by atoms with Crippen LogP contribution in [0.4, 0.5) is 4.79 Å². The quantitative estimate of drug-likeness (QED) is 0.925. The minimum Gasteiger partial charge on any atom is -0.490 e. The Morgan fingerprint density at radius 3 is 2.68 bits per heavy atom. The Hall–Kier alpha value is -2.30. The lowest BCUT2D eigenvalue weighted by atomic mass is 10.0. The number of nitrogens with zero attached hydrogens (tertiary/aromatic N) is 2. The minimum absolute atomic E-state index is 0.199. The zero-order valence-electron chi connectivity index (χ0n) is 12.2. The summed E-state index contributed by atoms with van der Waals surface area (Å²) >= 11 is 0. The van der Waals surface area contributed by atoms with Crippen LogP contribution in [0.5, 0.6) is 5.75 Å². The van der Waals surface area contributed by atoms with E-state index >= 15 is 0 Å². The number of likely N-dealkylation sites (tertiary alicyclic amines) is 1. The van der Waals surface area contributed by atoms with E-state index in [-0.39, 0.29) is 6.10 Å². The Kier molecular flexibility index (Phi) is 3.13. The van der Waals surface area contributed by atoms with Crippen molar-refractivity contribution in [1.29, 1.82) is 0 Å². The van der Waals surface area contributed by atoms with Gasteiger partial charge < -0.3 is 14.7 Å². The van der Waals surface area contributed by atoms with Gasteiger partial charge in [-0.25, -0.2) is 4.79 Å². The van der Waals surface area contributed by atoms with E-state index in [0.29, 0.717) is 24.9 Å². The Morgan fingerprint density at radius 1 is 1.18 bits per heavy atom. The van der Waals surface area contributed by atoms with Crippen LogP contribution in [0.3, 0.4) is 0 Å². The van der Waals surface area contributed by atoms with Gasteiger partial charge in [-0.15, -0.1) is 0 Å². The molecule has 3 atom stereocenters. The summed E-state index contributed by atoms with van der Waals surface area (Å²) in [6, 6.07) is 8.05. The van der Waals surface area contributed by atoms with Gasteiger partial charge in [0, 0.05) is 30.9 Å². The van der Waals surface area contributed by atoms with Crippen LogP contribution in [0.2, 0.25) is 0 Å². The Balaban J connectivity index is 1.43. The normalized spacial score (nSPS) is 27.1. The van der Waals surface area contributed by atoms with Crippen molar-refractivity contribution in [2.45, 2.75) is 18.9 Å². The smallest absolute Gasteiger partial charge is 0.407 e. The van der Waals surface area contributed by atoms with E-state index in [9.17, 15) is 4.79 Å². The number of hydrogen-bond donors (Lipinski definition) is 1. The number of carbonyl (C=O) groups is 1. The van der Waals surface area contributed by atoms with Crippen molar-refractivity contribution >= 4 is 16.9 Å². The molecule has 2 fully saturated rings. The Bertz CT molecular complexity index is 704. The summed E-state index contributed by atoms with van der Waals surface area (Å²) in [6.07, 6.45) is 4.93. The van der Waals surface area contributed by atoms with Gasteiger partial charge in [0.25, 0.3) is 0 Å². The van der Waals surface area contributed by atoms with Crippen molar-refractivity contribution in [3.63, 3.8) is 0 Å². The molecule has 1 saturated heterocycles. The maximum absolute atomic E-state index is 11.0. The first-order chi connectivity index (χ1) is 10.7. The highest BCUT2D eigenvalue weighted by atomic mass is 16.5. The third-order valence-electron chi connectivity index (χ3n) is 4.89. The number of pyridine rings is 1. The van der Waals surface area contributed by atoms with E-state index in [4.69, 9.17) is 9.84 Å². The fourth-order valence-electron chi connectivity index (χ4n) is 3.82. The number of carboxylic acid groups (broad SMARTS) is 1. The molecule has 4 rings (SSSR count). The molecule has 0 spiro atoms. The third kappa shape index (κ3) is 2.36. The summed E-state index contributed by atoms with van der Waals surface area (Å²) in [6.45, 7) is 1.31. The maximum atomic E-state index is 11.0. The molecule has 2 heterocycles. The molecule has 22 heavy (non-hydrogen) atoms. The second-order valence-corrected chi connectivity index (χ2v) is 6.30. The molecule has 1 aliphatic carbocycles. The van der Waals surface area contributed by atoms with Crippen LogP contribution in [-0.2, 0) is 0 Å². The Morgan fingerprint density at radius 2 is 1.95 bits per heavy atom. The molecular weight excluding hydrogens is 280 g/mol. The van der Waals surface area contributed by atoms with Gasteiger partial charge in [0.15, 0.2) is 0 Å². The van der Waals surface area contributed by atoms with Crippen LogP contribution in [0, 0.1) is 11.8 Å². The van der Waals surface area contributed by atoms with Crippen molar-refractivity contribution < 1.29 is 14.6 Å². The highest BCUT2D eigenvalue weighted by Gasteiger charge is 2.43. The first-order valence-electron chi connectivity index (χ1n) is 7.67. The highest BCUT2D eigenvalue weighted by molar-refractivity contribution is 5.82. The number of ether oxygens (including phenoxy) is 1. The first-order valence-corrected chi connectivity index (χ1v) is 7.67. The molecule has 1 N–H and O–H groups in total. The molecule has 2 aromatic rings. The van der Waals surface area contributed by atoms with Gasteiger partial charge in [-0.05, 0) is 54.3 Å². The molecule has 0 unspecified atom stereocenters. The zero-order chi connectivity index (χ0) is 15.1. The summed E-state index contributed by atoms with van der Waals surface area (Å²) in [4.78, 5) is 16.7. The average molecular weight is 298 g/mol. The van der Waals surface area contributed by atoms with Crippen molar-refractivity contribution in [2.75, 3.05) is 13.1 Å². The number of amides is 1. The van der Waals surface area contributed by atoms with E-state index in [1.54, 1.807) is 6.20 Å². The topological polar surface area (TPSA) is 62.7 Å². The molecular formula is C17H18N2O3. The number of hydrogen-bond acceptors (Lipinski definition) is 3. The monoisotopic (exact) mass is 298 g/mol. The highest BCUT2D eigenvalue weighted by Crippen LogP contribution is 2.40. The van der Waals surface area contributed by atoms with Gasteiger partial charge in [-0.3, -0.25) is 4.98 Å². The van der Waals surface area contributed by atoms with Gasteiger partial charge in [0.1, 0.15) is 5.75 Å². The summed E-state index contributed by atoms with van der Waals surface area (Å²) in [7, 11) is 0. The lowest BCUT2D eigenvalue weighted by Crippen LogP contribution is -2.29. The number of benzene rings is 1. The second kappa shape index (κ2) is 5.16. The van der Waals surface area contributed by atoms with E-state index < -0.39 is 6.09 Å². The van der Waals surface area contributed by atoms with Gasteiger partial charge in [-0.1, -0.05) is 0 Å². The van der Waals surface area contributed by atoms with Crippen LogP contribution in [-0.4, -0.2) is 40.3 Å². The first kappa shape index (κ1) is 13.4. The van der Waals surface area contributed by atoms with Crippen molar-refractivity contribution in [3.05, 3.63) is 36.7 Å². The lowest BCUT2D eigenvalue weighted by molar-refractivity contribution is 0.144. The van der Waals surface area contributed by atoms with Gasteiger partial charge in [0.2, 0.25) is 0 Å². The van der Waals surface area contributed by atoms with Gasteiger partial charge in [0.05, 0.1) is 6.10 Å². The molecule has 1 aromatic heterocycles. The number of fused-ring (bicyclic) bond motifs is 2. The molecule has 5 heteroatoms. The molecule has 1 aromatic carbocycles. The van der Waals surface area contributed by atoms with E-state index in [1.165, 1.54) is 4.90 Å². The minimum atomic E-state index is -0.796. The maximum Gasteiger partial charge on any atom is 0.407 e. The number of rotatable bonds is 2. The molecule has 1 aliphatic heterocycles. The van der Waals surface area contributed by atoms with Crippen molar-refractivity contribution in [2.24, 2.45) is 11.8 Å². The molecule has 1 amide bonds. The van der Waals surface area contributed by atoms with Crippen molar-refractivity contribution in [3.8, 4) is 5.75 Å². The van der Waals surface area contributed by atoms with Gasteiger partial charge in [-0.2, -0.15) is 0 Å². The third-order valence-corrected chi connectivity index (χ3v) is 4.89.